The average molecular weight is 528 g/mol. The van der Waals surface area contributed by atoms with Crippen LogP contribution in [0.2, 0.25) is 0 Å². The Bertz CT molecular complexity index is 1490. The van der Waals surface area contributed by atoms with Crippen LogP contribution in [0.5, 0.6) is 11.5 Å². The first-order valence-electron chi connectivity index (χ1n) is 12.7. The Hall–Kier alpha value is -4.39. The lowest BCUT2D eigenvalue weighted by molar-refractivity contribution is -0.132. The molecule has 0 bridgehead atoms. The van der Waals surface area contributed by atoms with Crippen LogP contribution >= 0.6 is 0 Å². The first kappa shape index (κ1) is 27.6. The second-order valence-corrected chi connectivity index (χ2v) is 10.8. The number of amides is 1. The normalized spacial score (nSPS) is 16.9. The summed E-state index contributed by atoms with van der Waals surface area (Å²) in [5.41, 5.74) is 3.74. The summed E-state index contributed by atoms with van der Waals surface area (Å²) in [7, 11) is 1.58. The number of ketones is 1. The van der Waals surface area contributed by atoms with Gasteiger partial charge in [0.2, 0.25) is 0 Å². The van der Waals surface area contributed by atoms with Crippen LogP contribution in [-0.4, -0.2) is 29.9 Å². The fraction of sp³-hybridized carbons (Fsp3) is 0.281. The molecule has 1 heterocycles. The minimum absolute atomic E-state index is 0.0517. The molecule has 7 nitrogen and oxygen atoms in total. The number of carbonyl (C=O) groups excluding carboxylic acids is 3. The number of esters is 1. The van der Waals surface area contributed by atoms with Gasteiger partial charge in [0, 0.05) is 23.7 Å². The van der Waals surface area contributed by atoms with Crippen LogP contribution in [0.3, 0.4) is 0 Å². The topological polar surface area (TPSA) is 93.1 Å². The molecule has 1 atom stereocenters. The summed E-state index contributed by atoms with van der Waals surface area (Å²) in [6.07, 6.45) is 0. The van der Waals surface area contributed by atoms with Crippen LogP contribution in [0.15, 0.2) is 66.2 Å². The summed E-state index contributed by atoms with van der Waals surface area (Å²) >= 11 is 0. The van der Waals surface area contributed by atoms with E-state index >= 15 is 0 Å². The maximum atomic E-state index is 13.6. The van der Waals surface area contributed by atoms with Gasteiger partial charge in [-0.1, -0.05) is 39.0 Å². The van der Waals surface area contributed by atoms with E-state index in [1.807, 2.05) is 52.8 Å². The Kier molecular flexibility index (Phi) is 7.37. The molecule has 4 rings (SSSR count). The molecule has 0 radical (unpaired) electrons. The number of carbonyl (C=O) groups is 3. The standard InChI is InChI=1S/C32H33NO6/c1-18-13-19(2)15-23(14-18)33-28(21-9-8-10-24(16-21)39-20(3)34)27(30(36)31(33)37)29(35)22-11-12-26(38-7)25(17-22)32(4,5)6/h8-17,28,35H,1-7H3/b29-27+. The van der Waals surface area contributed by atoms with Gasteiger partial charge < -0.3 is 14.6 Å². The molecule has 39 heavy (non-hydrogen) atoms. The van der Waals surface area contributed by atoms with E-state index in [9.17, 15) is 19.5 Å². The number of nitrogens with zero attached hydrogens (tertiary/aromatic N) is 1. The predicted octanol–water partition coefficient (Wildman–Crippen LogP) is 6.16. The minimum atomic E-state index is -0.957. The fourth-order valence-electron chi connectivity index (χ4n) is 5.01. The van der Waals surface area contributed by atoms with Crippen LogP contribution in [0.25, 0.3) is 5.76 Å². The Morgan fingerprint density at radius 1 is 0.949 bits per heavy atom. The van der Waals surface area contributed by atoms with Crippen molar-refractivity contribution in [1.82, 2.24) is 0 Å². The molecule has 202 valence electrons. The highest BCUT2D eigenvalue weighted by molar-refractivity contribution is 6.51. The van der Waals surface area contributed by atoms with Gasteiger partial charge in [-0.05, 0) is 78.4 Å². The van der Waals surface area contributed by atoms with Gasteiger partial charge in [-0.3, -0.25) is 19.3 Å². The number of hydrogen-bond acceptors (Lipinski definition) is 6. The molecular weight excluding hydrogens is 494 g/mol. The largest absolute Gasteiger partial charge is 0.507 e. The highest BCUT2D eigenvalue weighted by atomic mass is 16.5. The summed E-state index contributed by atoms with van der Waals surface area (Å²) in [4.78, 5) is 40.2. The van der Waals surface area contributed by atoms with Crippen molar-refractivity contribution in [2.24, 2.45) is 0 Å². The first-order chi connectivity index (χ1) is 18.3. The van der Waals surface area contributed by atoms with Crippen molar-refractivity contribution in [2.75, 3.05) is 12.0 Å². The van der Waals surface area contributed by atoms with Crippen molar-refractivity contribution < 1.29 is 29.0 Å². The van der Waals surface area contributed by atoms with E-state index in [2.05, 4.69) is 0 Å². The molecule has 0 aromatic heterocycles. The molecule has 1 saturated heterocycles. The van der Waals surface area contributed by atoms with E-state index in [1.165, 1.54) is 11.8 Å². The highest BCUT2D eigenvalue weighted by Crippen LogP contribution is 2.44. The van der Waals surface area contributed by atoms with E-state index in [0.29, 0.717) is 22.6 Å². The van der Waals surface area contributed by atoms with Gasteiger partial charge in [0.05, 0.1) is 18.7 Å². The number of aryl methyl sites for hydroxylation is 2. The Balaban J connectivity index is 1.99. The third-order valence-corrected chi connectivity index (χ3v) is 6.65. The number of ether oxygens (including phenoxy) is 2. The smallest absolute Gasteiger partial charge is 0.308 e. The minimum Gasteiger partial charge on any atom is -0.507 e. The number of methoxy groups -OCH3 is 1. The van der Waals surface area contributed by atoms with Crippen LogP contribution in [0, 0.1) is 13.8 Å². The summed E-state index contributed by atoms with van der Waals surface area (Å²) < 4.78 is 10.8. The molecule has 0 aliphatic carbocycles. The van der Waals surface area contributed by atoms with Crippen molar-refractivity contribution in [3.05, 3.63) is 94.1 Å². The van der Waals surface area contributed by atoms with Gasteiger partial charge >= 0.3 is 5.97 Å². The Morgan fingerprint density at radius 3 is 2.21 bits per heavy atom. The summed E-state index contributed by atoms with van der Waals surface area (Å²) in [6, 6.07) is 16.5. The molecule has 1 fully saturated rings. The maximum Gasteiger partial charge on any atom is 0.308 e. The van der Waals surface area contributed by atoms with Crippen LogP contribution in [0.4, 0.5) is 5.69 Å². The van der Waals surface area contributed by atoms with Crippen molar-refractivity contribution in [1.29, 1.82) is 0 Å². The van der Waals surface area contributed by atoms with E-state index in [-0.39, 0.29) is 22.5 Å². The molecule has 1 unspecified atom stereocenters. The second kappa shape index (κ2) is 10.4. The quantitative estimate of drug-likeness (QED) is 0.140. The molecule has 3 aromatic carbocycles. The van der Waals surface area contributed by atoms with Crippen molar-refractivity contribution >= 4 is 29.1 Å². The first-order valence-corrected chi connectivity index (χ1v) is 12.7. The van der Waals surface area contributed by atoms with Crippen molar-refractivity contribution in [3.8, 4) is 11.5 Å². The lowest BCUT2D eigenvalue weighted by atomic mass is 9.84. The number of aliphatic hydroxyl groups excluding tert-OH is 1. The highest BCUT2D eigenvalue weighted by Gasteiger charge is 2.47. The van der Waals surface area contributed by atoms with E-state index in [0.717, 1.165) is 16.7 Å². The van der Waals surface area contributed by atoms with E-state index < -0.39 is 23.7 Å². The van der Waals surface area contributed by atoms with Gasteiger partial charge in [-0.25, -0.2) is 0 Å². The zero-order chi connectivity index (χ0) is 28.6. The van der Waals surface area contributed by atoms with Gasteiger partial charge in [-0.2, -0.15) is 0 Å². The van der Waals surface area contributed by atoms with Crippen molar-refractivity contribution in [3.63, 3.8) is 0 Å². The maximum absolute atomic E-state index is 13.6. The van der Waals surface area contributed by atoms with E-state index in [1.54, 1.807) is 49.6 Å². The average Bonchev–Trinajstić information content (AvgIpc) is 3.12. The lowest BCUT2D eigenvalue weighted by Gasteiger charge is -2.27. The van der Waals surface area contributed by atoms with Gasteiger partial charge in [0.15, 0.2) is 0 Å². The monoisotopic (exact) mass is 527 g/mol. The number of rotatable bonds is 5. The second-order valence-electron chi connectivity index (χ2n) is 10.8. The van der Waals surface area contributed by atoms with Crippen LogP contribution in [0.1, 0.15) is 61.6 Å². The van der Waals surface area contributed by atoms with E-state index in [4.69, 9.17) is 9.47 Å². The molecule has 3 aromatic rings. The molecule has 1 amide bonds. The van der Waals surface area contributed by atoms with Crippen LogP contribution < -0.4 is 14.4 Å². The zero-order valence-corrected chi connectivity index (χ0v) is 23.3. The molecular formula is C32H33NO6. The number of hydrogen-bond donors (Lipinski definition) is 1. The summed E-state index contributed by atoms with van der Waals surface area (Å²) in [6.45, 7) is 11.2. The molecule has 1 aliphatic rings. The zero-order valence-electron chi connectivity index (χ0n) is 23.3. The molecule has 7 heteroatoms. The van der Waals surface area contributed by atoms with Gasteiger partial charge in [0.1, 0.15) is 17.3 Å². The van der Waals surface area contributed by atoms with Gasteiger partial charge in [-0.15, -0.1) is 0 Å². The SMILES string of the molecule is COc1ccc(/C(O)=C2\C(=O)C(=O)N(c3cc(C)cc(C)c3)C2c2cccc(OC(C)=O)c2)cc1C(C)(C)C. The number of benzene rings is 3. The molecule has 0 saturated carbocycles. The van der Waals surface area contributed by atoms with Crippen molar-refractivity contribution in [2.45, 2.75) is 53.0 Å². The predicted molar refractivity (Wildman–Crippen MR) is 150 cm³/mol. The molecule has 1 N–H and O–H groups in total. The van der Waals surface area contributed by atoms with Gasteiger partial charge in [0.25, 0.3) is 11.7 Å². The number of aliphatic hydroxyl groups is 1. The Morgan fingerprint density at radius 2 is 1.62 bits per heavy atom. The molecule has 0 spiro atoms. The number of anilines is 1. The summed E-state index contributed by atoms with van der Waals surface area (Å²) in [5, 5.41) is 11.6. The third-order valence-electron chi connectivity index (χ3n) is 6.65. The fourth-order valence-corrected chi connectivity index (χ4v) is 5.01. The third kappa shape index (κ3) is 5.43. The van der Waals surface area contributed by atoms with Crippen LogP contribution in [-0.2, 0) is 19.8 Å². The summed E-state index contributed by atoms with van der Waals surface area (Å²) in [5.74, 6) is -1.43. The lowest BCUT2D eigenvalue weighted by Crippen LogP contribution is -2.29. The number of Topliss-reactive ketones (excluding diaryl/α,β-unsaturated/α-hetero) is 1. The molecule has 1 aliphatic heterocycles. The Labute approximate surface area is 228 Å².